The summed E-state index contributed by atoms with van der Waals surface area (Å²) in [6.07, 6.45) is 1.81. The maximum absolute atomic E-state index is 12.8. The Labute approximate surface area is 236 Å². The first-order valence-corrected chi connectivity index (χ1v) is 13.7. The Morgan fingerprint density at radius 1 is 1.12 bits per heavy atom. The molecule has 1 N–H and O–H groups in total. The number of carbonyl (C=O) groups is 1. The number of aliphatic carboxylic acids is 1. The van der Waals surface area contributed by atoms with E-state index < -0.39 is 16.8 Å². The minimum atomic E-state index is -1.12. The average molecular weight is 542 g/mol. The number of carboxylic acids is 1. The van der Waals surface area contributed by atoms with E-state index in [1.807, 2.05) is 59.0 Å². The molecule has 0 saturated heterocycles. The summed E-state index contributed by atoms with van der Waals surface area (Å²) in [5.74, 6) is -0.0315. The van der Waals surface area contributed by atoms with Gasteiger partial charge in [-0.15, -0.1) is 5.10 Å². The third kappa shape index (κ3) is 4.54. The number of aryl methyl sites for hydroxylation is 3. The average Bonchev–Trinajstić information content (AvgIpc) is 3.20. The maximum atomic E-state index is 12.8. The third-order valence-electron chi connectivity index (χ3n) is 8.89. The molecule has 0 amide bonds. The quantitative estimate of drug-likeness (QED) is 0.341. The summed E-state index contributed by atoms with van der Waals surface area (Å²) in [5.41, 5.74) is 5.41. The van der Waals surface area contributed by atoms with Gasteiger partial charge in [-0.2, -0.15) is 0 Å². The Bertz CT molecular complexity index is 1610. The van der Waals surface area contributed by atoms with Gasteiger partial charge in [-0.05, 0) is 87.6 Å². The number of pyridine rings is 1. The maximum Gasteiger partial charge on any atom is 0.310 e. The van der Waals surface area contributed by atoms with Crippen LogP contribution in [0.4, 0.5) is 0 Å². The fourth-order valence-corrected chi connectivity index (χ4v) is 6.12. The van der Waals surface area contributed by atoms with Crippen molar-refractivity contribution < 1.29 is 14.6 Å². The van der Waals surface area contributed by atoms with Gasteiger partial charge in [-0.3, -0.25) is 14.7 Å². The fraction of sp³-hybridized carbons (Fsp3) is 0.438. The minimum Gasteiger partial charge on any atom is -0.485 e. The summed E-state index contributed by atoms with van der Waals surface area (Å²) in [4.78, 5) is 19.8. The van der Waals surface area contributed by atoms with E-state index >= 15 is 0 Å². The van der Waals surface area contributed by atoms with Crippen molar-refractivity contribution in [1.82, 2.24) is 24.9 Å². The normalized spacial score (nSPS) is 17.1. The van der Waals surface area contributed by atoms with Crippen molar-refractivity contribution in [3.8, 4) is 5.75 Å². The van der Waals surface area contributed by atoms with Crippen LogP contribution in [0.15, 0.2) is 48.7 Å². The second-order valence-corrected chi connectivity index (χ2v) is 12.5. The molecule has 40 heavy (non-hydrogen) atoms. The Kier molecular flexibility index (Phi) is 6.73. The molecular formula is C32H39N5O3. The number of carboxylic acid groups (broad SMARTS) is 1. The lowest BCUT2D eigenvalue weighted by molar-refractivity contribution is -0.150. The van der Waals surface area contributed by atoms with Crippen LogP contribution in [0.1, 0.15) is 68.1 Å². The zero-order chi connectivity index (χ0) is 29.0. The van der Waals surface area contributed by atoms with Gasteiger partial charge >= 0.3 is 5.97 Å². The molecule has 8 heteroatoms. The van der Waals surface area contributed by atoms with Crippen LogP contribution < -0.4 is 4.74 Å². The SMILES string of the molecule is Cc1ccc([C@@](C)(c2ccc3c(nnn3C)c2C)C(C)(C)C(=O)O)cc1CN1Cc2ncccc2OC(C)(C)C1. The van der Waals surface area contributed by atoms with E-state index in [9.17, 15) is 9.90 Å². The lowest BCUT2D eigenvalue weighted by Gasteiger charge is -2.43. The molecule has 0 unspecified atom stereocenters. The standard InChI is InChI=1S/C32H39N5O3/c1-20-11-12-23(16-22(20)17-37-18-25-27(10-9-15-33-25)40-30(3,4)19-37)32(7,31(5,6)29(38)39)24-13-14-26-28(21(24)2)34-35-36(26)8/h9-16H,17-19H2,1-8H3,(H,38,39)/t32-/m0/s1. The monoisotopic (exact) mass is 541 g/mol. The molecule has 1 atom stereocenters. The van der Waals surface area contributed by atoms with Crippen LogP contribution in [-0.2, 0) is 30.3 Å². The van der Waals surface area contributed by atoms with E-state index in [1.54, 1.807) is 10.9 Å². The molecule has 1 aliphatic rings. The summed E-state index contributed by atoms with van der Waals surface area (Å²) in [6.45, 7) is 16.1. The summed E-state index contributed by atoms with van der Waals surface area (Å²) in [7, 11) is 1.87. The van der Waals surface area contributed by atoms with Gasteiger partial charge in [0.2, 0.25) is 0 Å². The molecule has 0 fully saturated rings. The van der Waals surface area contributed by atoms with Crippen LogP contribution >= 0.6 is 0 Å². The van der Waals surface area contributed by atoms with E-state index in [-0.39, 0.29) is 5.60 Å². The molecular weight excluding hydrogens is 502 g/mol. The van der Waals surface area contributed by atoms with E-state index in [1.165, 1.54) is 0 Å². The number of aromatic nitrogens is 4. The summed E-state index contributed by atoms with van der Waals surface area (Å²) in [6, 6.07) is 14.3. The fourth-order valence-electron chi connectivity index (χ4n) is 6.12. The second kappa shape index (κ2) is 9.70. The molecule has 0 aliphatic carbocycles. The molecule has 2 aromatic heterocycles. The summed E-state index contributed by atoms with van der Waals surface area (Å²) >= 11 is 0. The van der Waals surface area contributed by atoms with Crippen molar-refractivity contribution >= 4 is 17.0 Å². The first kappa shape index (κ1) is 27.8. The molecule has 0 bridgehead atoms. The number of ether oxygens (including phenoxy) is 1. The first-order valence-electron chi connectivity index (χ1n) is 13.7. The van der Waals surface area contributed by atoms with Gasteiger partial charge in [-0.25, -0.2) is 4.68 Å². The van der Waals surface area contributed by atoms with Crippen molar-refractivity contribution in [2.45, 2.75) is 72.6 Å². The van der Waals surface area contributed by atoms with Gasteiger partial charge in [0.1, 0.15) is 16.9 Å². The number of benzene rings is 2. The molecule has 5 rings (SSSR count). The van der Waals surface area contributed by atoms with Gasteiger partial charge in [0, 0.05) is 38.3 Å². The van der Waals surface area contributed by atoms with Crippen LogP contribution in [0.5, 0.6) is 5.75 Å². The van der Waals surface area contributed by atoms with Crippen molar-refractivity contribution in [3.05, 3.63) is 82.2 Å². The topological polar surface area (TPSA) is 93.4 Å². The van der Waals surface area contributed by atoms with Crippen molar-refractivity contribution in [2.24, 2.45) is 12.5 Å². The molecule has 4 aromatic rings. The Morgan fingerprint density at radius 2 is 1.88 bits per heavy atom. The lowest BCUT2D eigenvalue weighted by Crippen LogP contribution is -2.46. The lowest BCUT2D eigenvalue weighted by atomic mass is 9.58. The number of hydrogen-bond acceptors (Lipinski definition) is 6. The van der Waals surface area contributed by atoms with Crippen LogP contribution in [0, 0.1) is 19.3 Å². The third-order valence-corrected chi connectivity index (χ3v) is 8.89. The molecule has 0 radical (unpaired) electrons. The Balaban J connectivity index is 1.62. The Hall–Kier alpha value is -3.78. The van der Waals surface area contributed by atoms with Crippen LogP contribution in [0.25, 0.3) is 11.0 Å². The van der Waals surface area contributed by atoms with Gasteiger partial charge in [0.05, 0.1) is 16.6 Å². The number of rotatable bonds is 6. The summed E-state index contributed by atoms with van der Waals surface area (Å²) < 4.78 is 8.06. The van der Waals surface area contributed by atoms with Gasteiger partial charge in [-0.1, -0.05) is 36.4 Å². The molecule has 3 heterocycles. The molecule has 0 saturated carbocycles. The largest absolute Gasteiger partial charge is 0.485 e. The molecule has 210 valence electrons. The van der Waals surface area contributed by atoms with E-state index in [0.29, 0.717) is 13.1 Å². The Morgan fingerprint density at radius 3 is 2.60 bits per heavy atom. The summed E-state index contributed by atoms with van der Waals surface area (Å²) in [5, 5.41) is 19.1. The number of hydrogen-bond donors (Lipinski definition) is 1. The molecule has 0 spiro atoms. The number of nitrogens with zero attached hydrogens (tertiary/aromatic N) is 5. The van der Waals surface area contributed by atoms with Crippen molar-refractivity contribution in [1.29, 1.82) is 0 Å². The first-order chi connectivity index (χ1) is 18.7. The van der Waals surface area contributed by atoms with E-state index in [4.69, 9.17) is 4.74 Å². The molecule has 2 aromatic carbocycles. The zero-order valence-corrected chi connectivity index (χ0v) is 24.7. The highest BCUT2D eigenvalue weighted by Gasteiger charge is 2.50. The highest BCUT2D eigenvalue weighted by Crippen LogP contribution is 2.49. The highest BCUT2D eigenvalue weighted by molar-refractivity contribution is 5.83. The molecule has 8 nitrogen and oxygen atoms in total. The number of fused-ring (bicyclic) bond motifs is 2. The van der Waals surface area contributed by atoms with Crippen LogP contribution in [0.3, 0.4) is 0 Å². The smallest absolute Gasteiger partial charge is 0.310 e. The van der Waals surface area contributed by atoms with Gasteiger partial charge in [0.15, 0.2) is 0 Å². The van der Waals surface area contributed by atoms with Crippen LogP contribution in [0.2, 0.25) is 0 Å². The van der Waals surface area contributed by atoms with Crippen LogP contribution in [-0.4, -0.2) is 48.1 Å². The highest BCUT2D eigenvalue weighted by atomic mass is 16.5. The second-order valence-electron chi connectivity index (χ2n) is 12.5. The van der Waals surface area contributed by atoms with Crippen molar-refractivity contribution in [2.75, 3.05) is 6.54 Å². The molecule has 1 aliphatic heterocycles. The predicted molar refractivity (Wildman–Crippen MR) is 155 cm³/mol. The minimum absolute atomic E-state index is 0.386. The predicted octanol–water partition coefficient (Wildman–Crippen LogP) is 5.57. The van der Waals surface area contributed by atoms with Gasteiger partial charge < -0.3 is 9.84 Å². The van der Waals surface area contributed by atoms with Gasteiger partial charge in [0.25, 0.3) is 0 Å². The van der Waals surface area contributed by atoms with E-state index in [0.717, 1.165) is 56.8 Å². The van der Waals surface area contributed by atoms with E-state index in [2.05, 4.69) is 59.2 Å². The van der Waals surface area contributed by atoms with Crippen molar-refractivity contribution in [3.63, 3.8) is 0 Å². The zero-order valence-electron chi connectivity index (χ0n) is 24.7.